The molecule has 0 spiro atoms. The van der Waals surface area contributed by atoms with Crippen molar-refractivity contribution in [3.05, 3.63) is 66.6 Å². The van der Waals surface area contributed by atoms with Crippen molar-refractivity contribution in [1.82, 2.24) is 10.1 Å². The standard InChI is InChI=1S/C17H15N3O4/c1-22-17(21)20(16-8-10-19-24-16)14-6-2-3-7-15(14)23-12-13-5-4-9-18-11-13/h2-11H,12H2,1H3. The quantitative estimate of drug-likeness (QED) is 0.714. The van der Waals surface area contributed by atoms with Crippen LogP contribution in [-0.4, -0.2) is 23.3 Å². The zero-order valence-electron chi connectivity index (χ0n) is 13.0. The second-order valence-electron chi connectivity index (χ2n) is 4.77. The third-order valence-electron chi connectivity index (χ3n) is 3.23. The minimum atomic E-state index is -0.607. The van der Waals surface area contributed by atoms with Crippen LogP contribution in [0.15, 0.2) is 65.6 Å². The van der Waals surface area contributed by atoms with Gasteiger partial charge in [-0.15, -0.1) is 0 Å². The van der Waals surface area contributed by atoms with Gasteiger partial charge in [0.05, 0.1) is 19.0 Å². The number of pyridine rings is 1. The molecule has 0 radical (unpaired) electrons. The van der Waals surface area contributed by atoms with Crippen LogP contribution in [0.2, 0.25) is 0 Å². The number of anilines is 2. The summed E-state index contributed by atoms with van der Waals surface area (Å²) in [4.78, 5) is 17.5. The Morgan fingerprint density at radius 1 is 1.17 bits per heavy atom. The molecule has 122 valence electrons. The molecule has 0 N–H and O–H groups in total. The van der Waals surface area contributed by atoms with E-state index >= 15 is 0 Å². The van der Waals surface area contributed by atoms with Gasteiger partial charge in [0, 0.05) is 24.0 Å². The summed E-state index contributed by atoms with van der Waals surface area (Å²) in [6.07, 6.45) is 4.26. The van der Waals surface area contributed by atoms with Gasteiger partial charge in [0.25, 0.3) is 0 Å². The van der Waals surface area contributed by atoms with Crippen LogP contribution in [0.25, 0.3) is 0 Å². The number of hydrogen-bond acceptors (Lipinski definition) is 6. The number of ether oxygens (including phenoxy) is 2. The zero-order valence-corrected chi connectivity index (χ0v) is 13.0. The van der Waals surface area contributed by atoms with Gasteiger partial charge in [0.15, 0.2) is 0 Å². The van der Waals surface area contributed by atoms with E-state index in [1.54, 1.807) is 36.7 Å². The van der Waals surface area contributed by atoms with Gasteiger partial charge >= 0.3 is 6.09 Å². The Morgan fingerprint density at radius 3 is 2.75 bits per heavy atom. The molecule has 3 rings (SSSR count). The molecule has 0 bridgehead atoms. The highest BCUT2D eigenvalue weighted by Crippen LogP contribution is 2.34. The largest absolute Gasteiger partial charge is 0.487 e. The number of amides is 1. The van der Waals surface area contributed by atoms with Crippen molar-refractivity contribution in [3.63, 3.8) is 0 Å². The van der Waals surface area contributed by atoms with Crippen LogP contribution in [0.4, 0.5) is 16.4 Å². The number of nitrogens with zero attached hydrogens (tertiary/aromatic N) is 3. The normalized spacial score (nSPS) is 10.2. The molecule has 0 aliphatic heterocycles. The molecule has 0 atom stereocenters. The fourth-order valence-corrected chi connectivity index (χ4v) is 2.13. The first-order chi connectivity index (χ1) is 11.8. The van der Waals surface area contributed by atoms with Crippen molar-refractivity contribution in [3.8, 4) is 5.75 Å². The minimum Gasteiger partial charge on any atom is -0.487 e. The van der Waals surface area contributed by atoms with Crippen molar-refractivity contribution in [1.29, 1.82) is 0 Å². The Balaban J connectivity index is 1.90. The summed E-state index contributed by atoms with van der Waals surface area (Å²) in [6, 6.07) is 12.4. The van der Waals surface area contributed by atoms with Crippen LogP contribution >= 0.6 is 0 Å². The van der Waals surface area contributed by atoms with E-state index in [2.05, 4.69) is 10.1 Å². The van der Waals surface area contributed by atoms with E-state index in [1.165, 1.54) is 18.2 Å². The van der Waals surface area contributed by atoms with Crippen molar-refractivity contribution >= 4 is 17.7 Å². The fraction of sp³-hybridized carbons (Fsp3) is 0.118. The maximum atomic E-state index is 12.2. The van der Waals surface area contributed by atoms with E-state index in [1.807, 2.05) is 18.2 Å². The smallest absolute Gasteiger partial charge is 0.421 e. The minimum absolute atomic E-state index is 0.235. The highest BCUT2D eigenvalue weighted by molar-refractivity contribution is 5.96. The average Bonchev–Trinajstić information content (AvgIpc) is 3.16. The van der Waals surface area contributed by atoms with Crippen LogP contribution in [0.3, 0.4) is 0 Å². The molecule has 0 fully saturated rings. The van der Waals surface area contributed by atoms with Gasteiger partial charge in [0.1, 0.15) is 12.4 Å². The second-order valence-corrected chi connectivity index (χ2v) is 4.77. The number of carbonyl (C=O) groups excluding carboxylic acids is 1. The molecule has 0 saturated heterocycles. The molecule has 3 aromatic rings. The van der Waals surface area contributed by atoms with Gasteiger partial charge in [-0.2, -0.15) is 0 Å². The molecular weight excluding hydrogens is 310 g/mol. The molecule has 0 saturated carbocycles. The first-order valence-corrected chi connectivity index (χ1v) is 7.19. The first kappa shape index (κ1) is 15.5. The summed E-state index contributed by atoms with van der Waals surface area (Å²) in [5.74, 6) is 0.738. The first-order valence-electron chi connectivity index (χ1n) is 7.19. The summed E-state index contributed by atoms with van der Waals surface area (Å²) < 4.78 is 15.8. The topological polar surface area (TPSA) is 77.7 Å². The molecule has 7 nitrogen and oxygen atoms in total. The van der Waals surface area contributed by atoms with E-state index in [0.29, 0.717) is 18.0 Å². The van der Waals surface area contributed by atoms with Crippen molar-refractivity contribution in [2.45, 2.75) is 6.61 Å². The van der Waals surface area contributed by atoms with E-state index in [4.69, 9.17) is 14.0 Å². The van der Waals surface area contributed by atoms with Crippen LogP contribution in [0.5, 0.6) is 5.75 Å². The molecule has 24 heavy (non-hydrogen) atoms. The molecular formula is C17H15N3O4. The van der Waals surface area contributed by atoms with Gasteiger partial charge in [-0.3, -0.25) is 4.98 Å². The van der Waals surface area contributed by atoms with Crippen LogP contribution < -0.4 is 9.64 Å². The number of carbonyl (C=O) groups is 1. The average molecular weight is 325 g/mol. The Morgan fingerprint density at radius 2 is 2.04 bits per heavy atom. The lowest BCUT2D eigenvalue weighted by Gasteiger charge is -2.20. The van der Waals surface area contributed by atoms with Gasteiger partial charge < -0.3 is 14.0 Å². The summed E-state index contributed by atoms with van der Waals surface area (Å²) in [6.45, 7) is 0.316. The fourth-order valence-electron chi connectivity index (χ4n) is 2.13. The predicted octanol–water partition coefficient (Wildman–Crippen LogP) is 3.55. The number of aromatic nitrogens is 2. The Hall–Kier alpha value is -3.35. The third-order valence-corrected chi connectivity index (χ3v) is 3.23. The molecule has 0 unspecified atom stereocenters. The monoisotopic (exact) mass is 325 g/mol. The third kappa shape index (κ3) is 3.35. The van der Waals surface area contributed by atoms with Crippen molar-refractivity contribution in [2.24, 2.45) is 0 Å². The van der Waals surface area contributed by atoms with Gasteiger partial charge in [-0.05, 0) is 18.2 Å². The van der Waals surface area contributed by atoms with Crippen LogP contribution in [0.1, 0.15) is 5.56 Å². The second kappa shape index (κ2) is 7.28. The Kier molecular flexibility index (Phi) is 4.71. The number of hydrogen-bond donors (Lipinski definition) is 0. The molecule has 1 amide bonds. The molecule has 2 aromatic heterocycles. The molecule has 2 heterocycles. The number of benzene rings is 1. The van der Waals surface area contributed by atoms with E-state index in [0.717, 1.165) is 5.56 Å². The van der Waals surface area contributed by atoms with E-state index in [9.17, 15) is 4.79 Å². The van der Waals surface area contributed by atoms with E-state index < -0.39 is 6.09 Å². The molecule has 0 aliphatic carbocycles. The van der Waals surface area contributed by atoms with Crippen molar-refractivity contribution in [2.75, 3.05) is 12.0 Å². The maximum absolute atomic E-state index is 12.2. The van der Waals surface area contributed by atoms with Gasteiger partial charge in [0.2, 0.25) is 5.88 Å². The van der Waals surface area contributed by atoms with Gasteiger partial charge in [-0.1, -0.05) is 23.4 Å². The predicted molar refractivity (Wildman–Crippen MR) is 86.1 cm³/mol. The van der Waals surface area contributed by atoms with Gasteiger partial charge in [-0.25, -0.2) is 9.69 Å². The highest BCUT2D eigenvalue weighted by Gasteiger charge is 2.25. The number of rotatable bonds is 5. The Labute approximate surface area is 138 Å². The SMILES string of the molecule is COC(=O)N(c1ccno1)c1ccccc1OCc1cccnc1. The molecule has 7 heteroatoms. The summed E-state index contributed by atoms with van der Waals surface area (Å²) in [5.41, 5.74) is 1.40. The summed E-state index contributed by atoms with van der Waals surface area (Å²) >= 11 is 0. The summed E-state index contributed by atoms with van der Waals surface area (Å²) in [5, 5.41) is 3.63. The lowest BCUT2D eigenvalue weighted by atomic mass is 10.2. The number of methoxy groups -OCH3 is 1. The lowest BCUT2D eigenvalue weighted by molar-refractivity contribution is 0.179. The van der Waals surface area contributed by atoms with Crippen LogP contribution in [-0.2, 0) is 11.3 Å². The highest BCUT2D eigenvalue weighted by atomic mass is 16.6. The van der Waals surface area contributed by atoms with Crippen molar-refractivity contribution < 1.29 is 18.8 Å². The van der Waals surface area contributed by atoms with Crippen LogP contribution in [0, 0.1) is 0 Å². The maximum Gasteiger partial charge on any atom is 0.421 e. The molecule has 1 aromatic carbocycles. The zero-order chi connectivity index (χ0) is 16.8. The summed E-state index contributed by atoms with van der Waals surface area (Å²) in [7, 11) is 1.30. The molecule has 0 aliphatic rings. The van der Waals surface area contributed by atoms with E-state index in [-0.39, 0.29) is 5.88 Å². The number of para-hydroxylation sites is 2. The Bertz CT molecular complexity index is 791. The lowest BCUT2D eigenvalue weighted by Crippen LogP contribution is -2.25.